The van der Waals surface area contributed by atoms with Gasteiger partial charge in [-0.25, -0.2) is 4.98 Å². The summed E-state index contributed by atoms with van der Waals surface area (Å²) in [6, 6.07) is 7.95. The van der Waals surface area contributed by atoms with Gasteiger partial charge < -0.3 is 19.9 Å². The van der Waals surface area contributed by atoms with Gasteiger partial charge in [-0.05, 0) is 38.0 Å². The minimum Gasteiger partial charge on any atom is -0.371 e. The number of nitrogens with zero attached hydrogens (tertiary/aromatic N) is 7. The number of methoxy groups -OCH3 is 1. The van der Waals surface area contributed by atoms with Crippen LogP contribution in [0.2, 0.25) is 0 Å². The van der Waals surface area contributed by atoms with Crippen molar-refractivity contribution in [2.24, 2.45) is 0 Å². The van der Waals surface area contributed by atoms with E-state index in [9.17, 15) is 4.79 Å². The molecule has 3 heterocycles. The second-order valence-electron chi connectivity index (χ2n) is 7.98. The van der Waals surface area contributed by atoms with Crippen LogP contribution >= 0.6 is 11.3 Å². The first-order valence-electron chi connectivity index (χ1n) is 11.2. The summed E-state index contributed by atoms with van der Waals surface area (Å²) in [7, 11) is 1.53. The van der Waals surface area contributed by atoms with E-state index in [1.807, 2.05) is 36.9 Å². The summed E-state index contributed by atoms with van der Waals surface area (Å²) < 4.78 is 5.51. The standard InChI is InChI=1S/C22H29N9O2S/c1-4-30(20-23-9-10-24-27-20)14-15(2)25-21-28-29-22(34-21)26-19(32)18(33-3)16-7-5-8-17(13-16)31-11-6-12-31/h5,7-10,13,15,18H,4,6,11-12,14H2,1-3H3,(H,25,28)(H,26,29,32)/t15-,18-/m1/s1. The summed E-state index contributed by atoms with van der Waals surface area (Å²) in [4.78, 5) is 21.5. The number of hydrogen-bond acceptors (Lipinski definition) is 11. The summed E-state index contributed by atoms with van der Waals surface area (Å²) >= 11 is 1.27. The third kappa shape index (κ3) is 5.75. The van der Waals surface area contributed by atoms with Gasteiger partial charge in [0, 0.05) is 45.0 Å². The number of nitrogens with one attached hydrogen (secondary N) is 2. The van der Waals surface area contributed by atoms with Gasteiger partial charge in [0.05, 0.1) is 12.4 Å². The number of likely N-dealkylation sites (N-methyl/N-ethyl adjacent to an activating group) is 1. The lowest BCUT2D eigenvalue weighted by Crippen LogP contribution is -2.37. The summed E-state index contributed by atoms with van der Waals surface area (Å²) in [6.45, 7) is 7.54. The van der Waals surface area contributed by atoms with Crippen LogP contribution in [0, 0.1) is 0 Å². The zero-order chi connectivity index (χ0) is 23.9. The molecule has 2 aromatic heterocycles. The number of aromatic nitrogens is 5. The second kappa shape index (κ2) is 11.2. The number of hydrogen-bond donors (Lipinski definition) is 2. The lowest BCUT2D eigenvalue weighted by atomic mass is 10.1. The lowest BCUT2D eigenvalue weighted by molar-refractivity contribution is -0.126. The molecule has 3 aromatic rings. The van der Waals surface area contributed by atoms with Crippen molar-refractivity contribution in [1.82, 2.24) is 25.4 Å². The number of benzene rings is 1. The third-order valence-electron chi connectivity index (χ3n) is 5.52. The van der Waals surface area contributed by atoms with E-state index < -0.39 is 6.10 Å². The van der Waals surface area contributed by atoms with E-state index >= 15 is 0 Å². The zero-order valence-corrected chi connectivity index (χ0v) is 20.3. The van der Waals surface area contributed by atoms with Crippen molar-refractivity contribution in [1.29, 1.82) is 0 Å². The monoisotopic (exact) mass is 483 g/mol. The molecule has 0 unspecified atom stereocenters. The normalized spacial score (nSPS) is 14.7. The largest absolute Gasteiger partial charge is 0.371 e. The Hall–Kier alpha value is -3.38. The van der Waals surface area contributed by atoms with Gasteiger partial charge in [0.2, 0.25) is 16.2 Å². The molecule has 180 valence electrons. The fourth-order valence-corrected chi connectivity index (χ4v) is 4.44. The maximum atomic E-state index is 12.9. The van der Waals surface area contributed by atoms with E-state index in [1.165, 1.54) is 24.9 Å². The lowest BCUT2D eigenvalue weighted by Gasteiger charge is -2.33. The van der Waals surface area contributed by atoms with Crippen molar-refractivity contribution in [3.8, 4) is 0 Å². The van der Waals surface area contributed by atoms with Crippen LogP contribution in [0.5, 0.6) is 0 Å². The molecule has 1 aliphatic rings. The number of ether oxygens (including phenoxy) is 1. The highest BCUT2D eigenvalue weighted by molar-refractivity contribution is 7.19. The number of anilines is 4. The highest BCUT2D eigenvalue weighted by Gasteiger charge is 2.24. The first-order valence-corrected chi connectivity index (χ1v) is 12.1. The third-order valence-corrected chi connectivity index (χ3v) is 6.29. The van der Waals surface area contributed by atoms with Gasteiger partial charge in [-0.15, -0.1) is 15.3 Å². The molecule has 1 fully saturated rings. The molecule has 1 saturated heterocycles. The van der Waals surface area contributed by atoms with Crippen molar-refractivity contribution in [3.63, 3.8) is 0 Å². The molecule has 11 nitrogen and oxygen atoms in total. The van der Waals surface area contributed by atoms with Crippen LogP contribution in [-0.4, -0.2) is 70.6 Å². The number of amides is 1. The Kier molecular flexibility index (Phi) is 7.80. The molecule has 4 rings (SSSR count). The predicted molar refractivity (Wildman–Crippen MR) is 132 cm³/mol. The minimum absolute atomic E-state index is 0.0382. The van der Waals surface area contributed by atoms with E-state index in [2.05, 4.69) is 47.0 Å². The first-order chi connectivity index (χ1) is 16.6. The quantitative estimate of drug-likeness (QED) is 0.421. The van der Waals surface area contributed by atoms with Crippen molar-refractivity contribution < 1.29 is 9.53 Å². The van der Waals surface area contributed by atoms with E-state index in [4.69, 9.17) is 4.74 Å². The highest BCUT2D eigenvalue weighted by atomic mass is 32.1. The summed E-state index contributed by atoms with van der Waals surface area (Å²) in [5, 5.41) is 23.4. The van der Waals surface area contributed by atoms with Crippen molar-refractivity contribution >= 4 is 39.1 Å². The van der Waals surface area contributed by atoms with Gasteiger partial charge >= 0.3 is 0 Å². The van der Waals surface area contributed by atoms with Gasteiger partial charge in [-0.2, -0.15) is 5.10 Å². The smallest absolute Gasteiger partial charge is 0.259 e. The molecule has 34 heavy (non-hydrogen) atoms. The Morgan fingerprint density at radius 3 is 2.74 bits per heavy atom. The summed E-state index contributed by atoms with van der Waals surface area (Å²) in [5.74, 6) is 0.289. The average Bonchev–Trinajstić information content (AvgIpc) is 3.24. The van der Waals surface area contributed by atoms with Gasteiger partial charge in [0.1, 0.15) is 0 Å². The van der Waals surface area contributed by atoms with Crippen LogP contribution in [0.4, 0.5) is 21.9 Å². The highest BCUT2D eigenvalue weighted by Crippen LogP contribution is 2.28. The molecular weight excluding hydrogens is 454 g/mol. The topological polar surface area (TPSA) is 121 Å². The first kappa shape index (κ1) is 23.8. The van der Waals surface area contributed by atoms with Crippen LogP contribution in [0.1, 0.15) is 31.9 Å². The number of carbonyl (C=O) groups is 1. The van der Waals surface area contributed by atoms with Gasteiger partial charge in [0.25, 0.3) is 5.91 Å². The van der Waals surface area contributed by atoms with E-state index in [-0.39, 0.29) is 11.9 Å². The molecule has 1 aromatic carbocycles. The van der Waals surface area contributed by atoms with Gasteiger partial charge in [0.15, 0.2) is 6.10 Å². The molecule has 0 bridgehead atoms. The molecule has 2 atom stereocenters. The van der Waals surface area contributed by atoms with E-state index in [0.29, 0.717) is 22.8 Å². The van der Waals surface area contributed by atoms with Crippen LogP contribution in [0.25, 0.3) is 0 Å². The molecular formula is C22H29N9O2S. The van der Waals surface area contributed by atoms with Crippen molar-refractivity contribution in [2.75, 3.05) is 53.7 Å². The zero-order valence-electron chi connectivity index (χ0n) is 19.5. The van der Waals surface area contributed by atoms with E-state index in [1.54, 1.807) is 12.4 Å². The van der Waals surface area contributed by atoms with Crippen LogP contribution in [0.3, 0.4) is 0 Å². The predicted octanol–water partition coefficient (Wildman–Crippen LogP) is 2.59. The molecule has 2 N–H and O–H groups in total. The van der Waals surface area contributed by atoms with Crippen LogP contribution in [0.15, 0.2) is 36.7 Å². The Morgan fingerprint density at radius 2 is 2.06 bits per heavy atom. The Bertz CT molecular complexity index is 1080. The summed E-state index contributed by atoms with van der Waals surface area (Å²) in [5.41, 5.74) is 1.91. The molecule has 0 radical (unpaired) electrons. The average molecular weight is 484 g/mol. The molecule has 1 aliphatic heterocycles. The number of carbonyl (C=O) groups excluding carboxylic acids is 1. The van der Waals surface area contributed by atoms with Gasteiger partial charge in [-0.3, -0.25) is 10.1 Å². The Balaban J connectivity index is 1.34. The van der Waals surface area contributed by atoms with Crippen LogP contribution in [-0.2, 0) is 9.53 Å². The fourth-order valence-electron chi connectivity index (χ4n) is 3.68. The van der Waals surface area contributed by atoms with Crippen molar-refractivity contribution in [3.05, 3.63) is 42.2 Å². The molecule has 0 aliphatic carbocycles. The maximum absolute atomic E-state index is 12.9. The van der Waals surface area contributed by atoms with E-state index in [0.717, 1.165) is 30.9 Å². The molecule has 12 heteroatoms. The molecule has 0 spiro atoms. The number of rotatable bonds is 11. The SMILES string of the molecule is CCN(C[C@@H](C)Nc1nnc(NC(=O)[C@H](OC)c2cccc(N3CCC3)c2)s1)c1nccnn1. The summed E-state index contributed by atoms with van der Waals surface area (Å²) in [6.07, 6.45) is 3.63. The Labute approximate surface area is 202 Å². The molecule has 1 amide bonds. The maximum Gasteiger partial charge on any atom is 0.259 e. The second-order valence-corrected chi connectivity index (χ2v) is 8.96. The molecule has 0 saturated carbocycles. The minimum atomic E-state index is -0.738. The van der Waals surface area contributed by atoms with Gasteiger partial charge in [-0.1, -0.05) is 23.5 Å². The van der Waals surface area contributed by atoms with Crippen LogP contribution < -0.4 is 20.4 Å². The Morgan fingerprint density at radius 1 is 1.24 bits per heavy atom. The van der Waals surface area contributed by atoms with Crippen molar-refractivity contribution in [2.45, 2.75) is 32.4 Å². The fraction of sp³-hybridized carbons (Fsp3) is 0.455.